The van der Waals surface area contributed by atoms with Crippen LogP contribution in [0.4, 0.5) is 0 Å². The Morgan fingerprint density at radius 2 is 0.472 bits per heavy atom. The molecule has 0 saturated heterocycles. The number of unbranched alkanes of at least 4 members (excludes halogenated alkanes) is 57. The molecule has 0 aromatic rings. The summed E-state index contributed by atoms with van der Waals surface area (Å²) in [4.78, 5) is 73.3. The van der Waals surface area contributed by atoms with E-state index >= 15 is 0 Å². The normalized spacial score (nSPS) is 14.0. The topological polar surface area (TPSA) is 237 Å². The van der Waals surface area contributed by atoms with Crippen molar-refractivity contribution in [2.75, 3.05) is 39.6 Å². The average Bonchev–Trinajstić information content (AvgIpc) is 0.896. The van der Waals surface area contributed by atoms with Gasteiger partial charge in [0.15, 0.2) is 12.2 Å². The van der Waals surface area contributed by atoms with Crippen molar-refractivity contribution in [1.29, 1.82) is 0 Å². The van der Waals surface area contributed by atoms with E-state index in [1.54, 1.807) is 0 Å². The molecule has 0 spiro atoms. The van der Waals surface area contributed by atoms with Crippen LogP contribution in [0, 0.1) is 11.8 Å². The van der Waals surface area contributed by atoms with Gasteiger partial charge < -0.3 is 33.8 Å². The van der Waals surface area contributed by atoms with Crippen molar-refractivity contribution < 1.29 is 80.2 Å². The first kappa shape index (κ1) is 106. The maximum absolute atomic E-state index is 13.2. The van der Waals surface area contributed by atoms with Crippen LogP contribution in [-0.2, 0) is 65.4 Å². The largest absolute Gasteiger partial charge is 0.472 e. The van der Waals surface area contributed by atoms with E-state index in [9.17, 15) is 43.2 Å². The second-order valence-corrected chi connectivity index (χ2v) is 35.6. The van der Waals surface area contributed by atoms with Crippen LogP contribution in [0.15, 0.2) is 0 Å². The molecule has 6 atom stereocenters. The molecular weight excluding hydrogens is 1400 g/mol. The summed E-state index contributed by atoms with van der Waals surface area (Å²) in [7, 11) is -9.93. The Kier molecular flexibility index (Phi) is 78.8. The third-order valence-electron chi connectivity index (χ3n) is 21.3. The number of phosphoric ester groups is 2. The summed E-state index contributed by atoms with van der Waals surface area (Å²) in [5.41, 5.74) is 0. The van der Waals surface area contributed by atoms with Crippen molar-refractivity contribution >= 4 is 39.5 Å². The minimum atomic E-state index is -4.97. The van der Waals surface area contributed by atoms with Crippen LogP contribution in [-0.4, -0.2) is 96.7 Å². The molecule has 3 unspecified atom stereocenters. The maximum atomic E-state index is 13.2. The Morgan fingerprint density at radius 1 is 0.269 bits per heavy atom. The molecule has 642 valence electrons. The second kappa shape index (κ2) is 80.3. The van der Waals surface area contributed by atoms with Crippen LogP contribution in [0.25, 0.3) is 0 Å². The molecule has 0 bridgehead atoms. The van der Waals surface area contributed by atoms with Crippen LogP contribution >= 0.6 is 15.6 Å². The Balaban J connectivity index is 5.23. The fraction of sp³-hybridized carbons (Fsp3) is 0.955. The first-order valence-corrected chi connectivity index (χ1v) is 49.0. The fourth-order valence-electron chi connectivity index (χ4n) is 13.9. The highest BCUT2D eigenvalue weighted by Crippen LogP contribution is 2.45. The lowest BCUT2D eigenvalue weighted by Gasteiger charge is -2.21. The van der Waals surface area contributed by atoms with Gasteiger partial charge in [0.2, 0.25) is 0 Å². The van der Waals surface area contributed by atoms with Crippen molar-refractivity contribution in [3.63, 3.8) is 0 Å². The molecule has 0 aliphatic heterocycles. The summed E-state index contributed by atoms with van der Waals surface area (Å²) in [6, 6.07) is 0. The number of aliphatic hydroxyl groups excluding tert-OH is 1. The molecule has 0 fully saturated rings. The molecule has 0 heterocycles. The third-order valence-corrected chi connectivity index (χ3v) is 23.2. The van der Waals surface area contributed by atoms with Gasteiger partial charge in [0, 0.05) is 25.7 Å². The number of carbonyl (C=O) groups excluding carboxylic acids is 4. The predicted octanol–water partition coefficient (Wildman–Crippen LogP) is 27.4. The maximum Gasteiger partial charge on any atom is 0.472 e. The molecule has 0 aliphatic rings. The summed E-state index contributed by atoms with van der Waals surface area (Å²) in [5, 5.41) is 10.7. The van der Waals surface area contributed by atoms with Crippen LogP contribution < -0.4 is 0 Å². The van der Waals surface area contributed by atoms with E-state index < -0.39 is 97.5 Å². The zero-order chi connectivity index (χ0) is 79.2. The summed E-state index contributed by atoms with van der Waals surface area (Å²) in [6.45, 7) is 9.76. The zero-order valence-corrected chi connectivity index (χ0v) is 73.0. The molecule has 0 aliphatic carbocycles. The molecule has 0 saturated carbocycles. The first-order valence-electron chi connectivity index (χ1n) is 46.0. The van der Waals surface area contributed by atoms with Gasteiger partial charge in [-0.25, -0.2) is 9.13 Å². The highest BCUT2D eigenvalue weighted by molar-refractivity contribution is 7.47. The van der Waals surface area contributed by atoms with E-state index in [1.807, 2.05) is 0 Å². The number of carbonyl (C=O) groups is 4. The standard InChI is InChI=1S/C89H174O17P2/c1-7-10-12-14-16-18-20-22-23-24-25-26-30-33-36-42-48-54-60-66-72-87(92)100-78-84(105-88(93)73-67-61-55-49-43-37-34-31-28-27-29-32-35-40-46-52-58-64-70-82(6)9-3)79-103-107(95,96)101-75-83(90)76-102-108(97,98)104-80-85(77-99-86(91)71-65-59-53-47-41-21-19-17-15-13-11-8-2)106-89(94)74-68-62-56-50-44-38-39-45-51-57-63-69-81(4)5/h81-85,90H,7-80H2,1-6H3,(H,95,96)(H,97,98)/t82?,83-,84-,85-/m1/s1. The van der Waals surface area contributed by atoms with Gasteiger partial charge in [0.25, 0.3) is 0 Å². The van der Waals surface area contributed by atoms with Gasteiger partial charge in [0.05, 0.1) is 26.4 Å². The number of esters is 4. The summed E-state index contributed by atoms with van der Waals surface area (Å²) >= 11 is 0. The summed E-state index contributed by atoms with van der Waals surface area (Å²) < 4.78 is 69.0. The van der Waals surface area contributed by atoms with Gasteiger partial charge in [-0.3, -0.25) is 37.3 Å². The zero-order valence-electron chi connectivity index (χ0n) is 71.2. The van der Waals surface area contributed by atoms with Crippen LogP contribution in [0.1, 0.15) is 478 Å². The van der Waals surface area contributed by atoms with Crippen molar-refractivity contribution in [3.05, 3.63) is 0 Å². The second-order valence-electron chi connectivity index (χ2n) is 32.7. The molecule has 0 amide bonds. The van der Waals surface area contributed by atoms with E-state index in [-0.39, 0.29) is 25.7 Å². The van der Waals surface area contributed by atoms with Gasteiger partial charge in [-0.15, -0.1) is 0 Å². The predicted molar refractivity (Wildman–Crippen MR) is 446 cm³/mol. The van der Waals surface area contributed by atoms with Crippen molar-refractivity contribution in [1.82, 2.24) is 0 Å². The number of aliphatic hydroxyl groups is 1. The van der Waals surface area contributed by atoms with Crippen LogP contribution in [0.5, 0.6) is 0 Å². The number of ether oxygens (including phenoxy) is 4. The molecule has 108 heavy (non-hydrogen) atoms. The SMILES string of the molecule is CCCCCCCCCCCCCCCCCCCCCCC(=O)OC[C@H](COP(=O)(O)OC[C@@H](O)COP(=O)(O)OC[C@@H](COC(=O)CCCCCCCCCCCCCC)OC(=O)CCCCCCCCCCCCCC(C)C)OC(=O)CCCCCCCCCCCCCCCCCCCCC(C)CC. The van der Waals surface area contributed by atoms with E-state index in [2.05, 4.69) is 41.5 Å². The number of hydrogen-bond acceptors (Lipinski definition) is 15. The van der Waals surface area contributed by atoms with Crippen molar-refractivity contribution in [3.8, 4) is 0 Å². The van der Waals surface area contributed by atoms with E-state index in [0.29, 0.717) is 25.7 Å². The summed E-state index contributed by atoms with van der Waals surface area (Å²) in [6.07, 6.45) is 73.6. The van der Waals surface area contributed by atoms with Crippen molar-refractivity contribution in [2.24, 2.45) is 11.8 Å². The molecule has 0 radical (unpaired) electrons. The van der Waals surface area contributed by atoms with Gasteiger partial charge in [-0.1, -0.05) is 427 Å². The highest BCUT2D eigenvalue weighted by Gasteiger charge is 2.31. The molecule has 0 aromatic heterocycles. The number of phosphoric acid groups is 2. The molecule has 3 N–H and O–H groups in total. The Hall–Kier alpha value is -1.94. The minimum Gasteiger partial charge on any atom is -0.462 e. The van der Waals surface area contributed by atoms with E-state index in [0.717, 1.165) is 102 Å². The first-order chi connectivity index (χ1) is 52.4. The van der Waals surface area contributed by atoms with Gasteiger partial charge in [-0.2, -0.15) is 0 Å². The van der Waals surface area contributed by atoms with Crippen molar-refractivity contribution in [2.45, 2.75) is 496 Å². The fourth-order valence-corrected chi connectivity index (χ4v) is 15.5. The van der Waals surface area contributed by atoms with E-state index in [4.69, 9.17) is 37.0 Å². The summed E-state index contributed by atoms with van der Waals surface area (Å²) in [5.74, 6) is -0.462. The molecule has 19 heteroatoms. The Bertz CT molecular complexity index is 2070. The van der Waals surface area contributed by atoms with Gasteiger partial charge in [-0.05, 0) is 37.5 Å². The lowest BCUT2D eigenvalue weighted by molar-refractivity contribution is -0.161. The molecule has 0 aromatic carbocycles. The van der Waals surface area contributed by atoms with Gasteiger partial charge in [0.1, 0.15) is 19.3 Å². The average molecular weight is 1580 g/mol. The Labute approximate surface area is 664 Å². The smallest absolute Gasteiger partial charge is 0.462 e. The van der Waals surface area contributed by atoms with Crippen LogP contribution in [0.3, 0.4) is 0 Å². The minimum absolute atomic E-state index is 0.107. The van der Waals surface area contributed by atoms with Gasteiger partial charge >= 0.3 is 39.5 Å². The van der Waals surface area contributed by atoms with E-state index in [1.165, 1.54) is 295 Å². The number of rotatable bonds is 88. The molecular formula is C89H174O17P2. The molecule has 0 rings (SSSR count). The third kappa shape index (κ3) is 80.7. The Morgan fingerprint density at radius 3 is 0.704 bits per heavy atom. The monoisotopic (exact) mass is 1580 g/mol. The lowest BCUT2D eigenvalue weighted by Crippen LogP contribution is -2.30. The lowest BCUT2D eigenvalue weighted by atomic mass is 9.99. The van der Waals surface area contributed by atoms with Crippen LogP contribution in [0.2, 0.25) is 0 Å². The molecule has 17 nitrogen and oxygen atoms in total. The number of hydrogen-bond donors (Lipinski definition) is 3. The highest BCUT2D eigenvalue weighted by atomic mass is 31.2. The quantitative estimate of drug-likeness (QED) is 0.0222.